The highest BCUT2D eigenvalue weighted by molar-refractivity contribution is 6.31. The topological polar surface area (TPSA) is 26.0 Å². The van der Waals surface area contributed by atoms with Crippen LogP contribution >= 0.6 is 11.6 Å². The molecule has 0 spiro atoms. The first-order chi connectivity index (χ1) is 9.77. The minimum atomic E-state index is -0.329. The van der Waals surface area contributed by atoms with Crippen molar-refractivity contribution in [2.75, 3.05) is 6.54 Å². The molecule has 21 heavy (non-hydrogen) atoms. The first-order valence-electron chi connectivity index (χ1n) is 7.90. The smallest absolute Gasteiger partial charge is 0.142 e. The van der Waals surface area contributed by atoms with E-state index < -0.39 is 0 Å². The molecular formula is C18H27ClFN. The van der Waals surface area contributed by atoms with Crippen LogP contribution < -0.4 is 5.73 Å². The van der Waals surface area contributed by atoms with Crippen molar-refractivity contribution in [1.82, 2.24) is 0 Å². The lowest BCUT2D eigenvalue weighted by atomic mass is 9.62. The van der Waals surface area contributed by atoms with Gasteiger partial charge < -0.3 is 5.73 Å². The summed E-state index contributed by atoms with van der Waals surface area (Å²) in [7, 11) is 0. The molecule has 0 aliphatic heterocycles. The fraction of sp³-hybridized carbons (Fsp3) is 0.667. The van der Waals surface area contributed by atoms with Gasteiger partial charge in [0.25, 0.3) is 0 Å². The van der Waals surface area contributed by atoms with E-state index in [4.69, 9.17) is 17.3 Å². The molecular weight excluding hydrogens is 285 g/mol. The van der Waals surface area contributed by atoms with Gasteiger partial charge in [0.1, 0.15) is 5.82 Å². The summed E-state index contributed by atoms with van der Waals surface area (Å²) < 4.78 is 13.6. The van der Waals surface area contributed by atoms with Crippen LogP contribution in [0.1, 0.15) is 52.0 Å². The lowest BCUT2D eigenvalue weighted by Crippen LogP contribution is -2.39. The van der Waals surface area contributed by atoms with Gasteiger partial charge in [-0.25, -0.2) is 4.39 Å². The molecule has 1 fully saturated rings. The van der Waals surface area contributed by atoms with Crippen LogP contribution in [0, 0.1) is 22.6 Å². The van der Waals surface area contributed by atoms with E-state index in [0.29, 0.717) is 12.0 Å². The number of hydrogen-bond donors (Lipinski definition) is 1. The lowest BCUT2D eigenvalue weighted by Gasteiger charge is -2.44. The maximum Gasteiger partial charge on any atom is 0.142 e. The Kier molecular flexibility index (Phi) is 4.99. The number of benzene rings is 1. The molecule has 0 heterocycles. The summed E-state index contributed by atoms with van der Waals surface area (Å²) in [6.45, 7) is 7.60. The zero-order valence-electron chi connectivity index (χ0n) is 13.4. The van der Waals surface area contributed by atoms with Gasteiger partial charge in [-0.3, -0.25) is 0 Å². The predicted molar refractivity (Wildman–Crippen MR) is 88.0 cm³/mol. The third kappa shape index (κ3) is 3.78. The van der Waals surface area contributed by atoms with Crippen LogP contribution in [0.15, 0.2) is 18.2 Å². The van der Waals surface area contributed by atoms with Crippen molar-refractivity contribution >= 4 is 11.6 Å². The lowest BCUT2D eigenvalue weighted by molar-refractivity contribution is 0.0926. The Labute approximate surface area is 133 Å². The molecule has 1 aliphatic carbocycles. The van der Waals surface area contributed by atoms with Gasteiger partial charge in [0.05, 0.1) is 5.02 Å². The Balaban J connectivity index is 2.12. The van der Waals surface area contributed by atoms with Crippen LogP contribution in [0.5, 0.6) is 0 Å². The molecule has 3 heteroatoms. The Bertz CT molecular complexity index is 484. The van der Waals surface area contributed by atoms with Crippen molar-refractivity contribution in [2.45, 2.75) is 52.9 Å². The van der Waals surface area contributed by atoms with Crippen LogP contribution in [0.25, 0.3) is 0 Å². The van der Waals surface area contributed by atoms with Gasteiger partial charge in [-0.15, -0.1) is 0 Å². The molecule has 2 N–H and O–H groups in total. The van der Waals surface area contributed by atoms with Gasteiger partial charge >= 0.3 is 0 Å². The zero-order chi connectivity index (χ0) is 15.7. The molecule has 2 rings (SSSR count). The SMILES string of the molecule is CC(C)(C)C1CCC(CN)(Cc2cccc(F)c2Cl)CC1. The third-order valence-corrected chi connectivity index (χ3v) is 5.72. The summed E-state index contributed by atoms with van der Waals surface area (Å²) in [6.07, 6.45) is 5.41. The maximum absolute atomic E-state index is 13.6. The molecule has 0 bridgehead atoms. The van der Waals surface area contributed by atoms with Crippen LogP contribution in [0.2, 0.25) is 5.02 Å². The molecule has 1 saturated carbocycles. The van der Waals surface area contributed by atoms with E-state index in [2.05, 4.69) is 20.8 Å². The quantitative estimate of drug-likeness (QED) is 0.815. The van der Waals surface area contributed by atoms with E-state index in [9.17, 15) is 4.39 Å². The molecule has 1 aromatic carbocycles. The van der Waals surface area contributed by atoms with Gasteiger partial charge in [0.15, 0.2) is 0 Å². The van der Waals surface area contributed by atoms with Crippen LogP contribution in [0.3, 0.4) is 0 Å². The summed E-state index contributed by atoms with van der Waals surface area (Å²) in [5.41, 5.74) is 7.43. The Morgan fingerprint density at radius 2 is 1.90 bits per heavy atom. The van der Waals surface area contributed by atoms with Crippen molar-refractivity contribution in [3.05, 3.63) is 34.6 Å². The van der Waals surface area contributed by atoms with E-state index in [1.54, 1.807) is 6.07 Å². The van der Waals surface area contributed by atoms with E-state index in [0.717, 1.165) is 30.7 Å². The maximum atomic E-state index is 13.6. The Morgan fingerprint density at radius 1 is 1.29 bits per heavy atom. The summed E-state index contributed by atoms with van der Waals surface area (Å²) in [4.78, 5) is 0. The third-order valence-electron chi connectivity index (χ3n) is 5.30. The summed E-state index contributed by atoms with van der Waals surface area (Å²) >= 11 is 6.12. The highest BCUT2D eigenvalue weighted by atomic mass is 35.5. The summed E-state index contributed by atoms with van der Waals surface area (Å²) in [5, 5.41) is 0.267. The molecule has 0 atom stereocenters. The second kappa shape index (κ2) is 6.26. The van der Waals surface area contributed by atoms with Gasteiger partial charge in [-0.1, -0.05) is 44.5 Å². The fourth-order valence-electron chi connectivity index (χ4n) is 3.64. The van der Waals surface area contributed by atoms with Crippen molar-refractivity contribution in [2.24, 2.45) is 22.5 Å². The van der Waals surface area contributed by atoms with Crippen molar-refractivity contribution < 1.29 is 4.39 Å². The Morgan fingerprint density at radius 3 is 2.43 bits per heavy atom. The summed E-state index contributed by atoms with van der Waals surface area (Å²) in [6, 6.07) is 5.08. The molecule has 1 aliphatic rings. The molecule has 0 radical (unpaired) electrons. The Hall–Kier alpha value is -0.600. The van der Waals surface area contributed by atoms with Gasteiger partial charge in [0.2, 0.25) is 0 Å². The molecule has 0 saturated heterocycles. The average Bonchev–Trinajstić information content (AvgIpc) is 2.43. The first kappa shape index (κ1) is 16.8. The molecule has 0 unspecified atom stereocenters. The highest BCUT2D eigenvalue weighted by Crippen LogP contribution is 2.47. The van der Waals surface area contributed by atoms with E-state index in [-0.39, 0.29) is 16.3 Å². The van der Waals surface area contributed by atoms with Gasteiger partial charge in [-0.2, -0.15) is 0 Å². The van der Waals surface area contributed by atoms with Gasteiger partial charge in [0, 0.05) is 0 Å². The van der Waals surface area contributed by atoms with Crippen molar-refractivity contribution in [3.8, 4) is 0 Å². The minimum Gasteiger partial charge on any atom is -0.330 e. The normalized spacial score (nSPS) is 26.9. The largest absolute Gasteiger partial charge is 0.330 e. The number of rotatable bonds is 3. The number of hydrogen-bond acceptors (Lipinski definition) is 1. The molecule has 1 nitrogen and oxygen atoms in total. The van der Waals surface area contributed by atoms with Crippen LogP contribution in [0.4, 0.5) is 4.39 Å². The number of halogens is 2. The van der Waals surface area contributed by atoms with E-state index in [1.165, 1.54) is 18.9 Å². The molecule has 1 aromatic rings. The zero-order valence-corrected chi connectivity index (χ0v) is 14.1. The first-order valence-corrected chi connectivity index (χ1v) is 8.28. The van der Waals surface area contributed by atoms with Gasteiger partial charge in [-0.05, 0) is 67.0 Å². The highest BCUT2D eigenvalue weighted by Gasteiger charge is 2.38. The minimum absolute atomic E-state index is 0.0825. The standard InChI is InChI=1S/C18H27ClFN/c1-17(2,3)14-7-9-18(12-21,10-8-14)11-13-5-4-6-15(20)16(13)19/h4-6,14H,7-12,21H2,1-3H3. The second-order valence-corrected chi connectivity index (χ2v) is 8.11. The average molecular weight is 312 g/mol. The fourth-order valence-corrected chi connectivity index (χ4v) is 3.83. The molecule has 0 amide bonds. The van der Waals surface area contributed by atoms with E-state index >= 15 is 0 Å². The predicted octanol–water partition coefficient (Wildman–Crippen LogP) is 5.20. The second-order valence-electron chi connectivity index (χ2n) is 7.73. The molecule has 118 valence electrons. The van der Waals surface area contributed by atoms with Crippen LogP contribution in [-0.2, 0) is 6.42 Å². The van der Waals surface area contributed by atoms with Crippen LogP contribution in [-0.4, -0.2) is 6.54 Å². The monoisotopic (exact) mass is 311 g/mol. The number of nitrogens with two attached hydrogens (primary N) is 1. The molecule has 0 aromatic heterocycles. The summed E-state index contributed by atoms with van der Waals surface area (Å²) in [5.74, 6) is 0.421. The van der Waals surface area contributed by atoms with Crippen molar-refractivity contribution in [3.63, 3.8) is 0 Å². The van der Waals surface area contributed by atoms with Crippen molar-refractivity contribution in [1.29, 1.82) is 0 Å². The van der Waals surface area contributed by atoms with E-state index in [1.807, 2.05) is 6.07 Å².